The van der Waals surface area contributed by atoms with E-state index in [4.69, 9.17) is 16.3 Å². The minimum Gasteiger partial charge on any atom is -0.466 e. The lowest BCUT2D eigenvalue weighted by Crippen LogP contribution is -2.23. The second-order valence-corrected chi connectivity index (χ2v) is 5.22. The number of nitrogens with one attached hydrogen (secondary N) is 2. The lowest BCUT2D eigenvalue weighted by atomic mass is 9.83. The predicted molar refractivity (Wildman–Crippen MR) is 80.2 cm³/mol. The molecule has 0 saturated heterocycles. The maximum atomic E-state index is 12.2. The number of anilines is 1. The Morgan fingerprint density at radius 3 is 2.81 bits per heavy atom. The molecule has 108 valence electrons. The van der Waals surface area contributed by atoms with Crippen molar-refractivity contribution in [1.29, 1.82) is 0 Å². The SMILES string of the molecule is COC(=O)C1=C(C)Nc2[nH]ncc2C1c1ccccc1Cl. The van der Waals surface area contributed by atoms with E-state index in [0.29, 0.717) is 10.6 Å². The molecule has 3 rings (SSSR count). The molecule has 0 aliphatic carbocycles. The van der Waals surface area contributed by atoms with Crippen molar-refractivity contribution in [3.8, 4) is 0 Å². The van der Waals surface area contributed by atoms with E-state index in [2.05, 4.69) is 15.5 Å². The molecule has 2 N–H and O–H groups in total. The van der Waals surface area contributed by atoms with Gasteiger partial charge in [-0.2, -0.15) is 5.10 Å². The number of aromatic nitrogens is 2. The van der Waals surface area contributed by atoms with Crippen molar-refractivity contribution >= 4 is 23.4 Å². The molecule has 2 heterocycles. The molecule has 0 spiro atoms. The highest BCUT2D eigenvalue weighted by Crippen LogP contribution is 2.43. The minimum atomic E-state index is -0.378. The number of allylic oxidation sites excluding steroid dienone is 1. The number of esters is 1. The van der Waals surface area contributed by atoms with Crippen LogP contribution >= 0.6 is 11.6 Å². The fourth-order valence-electron chi connectivity index (χ4n) is 2.65. The molecule has 1 aromatic carbocycles. The van der Waals surface area contributed by atoms with Crippen LogP contribution in [-0.4, -0.2) is 23.3 Å². The molecular weight excluding hydrogens is 290 g/mol. The number of methoxy groups -OCH3 is 1. The molecule has 6 heteroatoms. The molecule has 5 nitrogen and oxygen atoms in total. The Kier molecular flexibility index (Phi) is 3.43. The lowest BCUT2D eigenvalue weighted by molar-refractivity contribution is -0.136. The van der Waals surface area contributed by atoms with E-state index in [9.17, 15) is 4.79 Å². The average Bonchev–Trinajstić information content (AvgIpc) is 2.93. The number of hydrogen-bond acceptors (Lipinski definition) is 4. The summed E-state index contributed by atoms with van der Waals surface area (Å²) in [6.07, 6.45) is 1.70. The number of nitrogens with zero attached hydrogens (tertiary/aromatic N) is 1. The van der Waals surface area contributed by atoms with Gasteiger partial charge >= 0.3 is 5.97 Å². The topological polar surface area (TPSA) is 67.0 Å². The summed E-state index contributed by atoms with van der Waals surface area (Å²) in [6, 6.07) is 7.47. The van der Waals surface area contributed by atoms with Crippen molar-refractivity contribution in [2.75, 3.05) is 12.4 Å². The third-order valence-electron chi connectivity index (χ3n) is 3.61. The van der Waals surface area contributed by atoms with Gasteiger partial charge < -0.3 is 10.1 Å². The van der Waals surface area contributed by atoms with Crippen LogP contribution in [-0.2, 0) is 9.53 Å². The van der Waals surface area contributed by atoms with E-state index in [1.165, 1.54) is 7.11 Å². The molecule has 1 aromatic heterocycles. The van der Waals surface area contributed by atoms with E-state index in [0.717, 1.165) is 22.6 Å². The maximum Gasteiger partial charge on any atom is 0.336 e. The van der Waals surface area contributed by atoms with Gasteiger partial charge in [-0.1, -0.05) is 29.8 Å². The highest BCUT2D eigenvalue weighted by atomic mass is 35.5. The standard InChI is InChI=1S/C15H14ClN3O2/c1-8-12(15(20)21-2)13(9-5-3-4-6-11(9)16)10-7-17-19-14(10)18-8/h3-7,13H,1-2H3,(H2,17,18,19). The van der Waals surface area contributed by atoms with Crippen molar-refractivity contribution in [2.45, 2.75) is 12.8 Å². The van der Waals surface area contributed by atoms with Crippen LogP contribution in [0.3, 0.4) is 0 Å². The third-order valence-corrected chi connectivity index (χ3v) is 3.95. The summed E-state index contributed by atoms with van der Waals surface area (Å²) >= 11 is 6.33. The normalized spacial score (nSPS) is 17.2. The van der Waals surface area contributed by atoms with Gasteiger partial charge in [-0.15, -0.1) is 0 Å². The second kappa shape index (κ2) is 5.26. The molecule has 0 fully saturated rings. The number of benzene rings is 1. The summed E-state index contributed by atoms with van der Waals surface area (Å²) in [6.45, 7) is 1.83. The lowest BCUT2D eigenvalue weighted by Gasteiger charge is -2.27. The molecule has 1 unspecified atom stereocenters. The number of aromatic amines is 1. The van der Waals surface area contributed by atoms with Gasteiger partial charge in [0.05, 0.1) is 18.9 Å². The van der Waals surface area contributed by atoms with Crippen molar-refractivity contribution in [2.24, 2.45) is 0 Å². The molecule has 0 saturated carbocycles. The molecule has 0 radical (unpaired) electrons. The van der Waals surface area contributed by atoms with Crippen LogP contribution in [0.1, 0.15) is 24.0 Å². The number of fused-ring (bicyclic) bond motifs is 1. The molecule has 2 aromatic rings. The maximum absolute atomic E-state index is 12.2. The van der Waals surface area contributed by atoms with Gasteiger partial charge in [0.15, 0.2) is 0 Å². The first-order chi connectivity index (χ1) is 10.1. The van der Waals surface area contributed by atoms with Crippen LogP contribution < -0.4 is 5.32 Å². The fourth-order valence-corrected chi connectivity index (χ4v) is 2.90. The number of ether oxygens (including phenoxy) is 1. The Morgan fingerprint density at radius 1 is 1.33 bits per heavy atom. The number of carbonyl (C=O) groups is 1. The van der Waals surface area contributed by atoms with E-state index in [-0.39, 0.29) is 11.9 Å². The largest absolute Gasteiger partial charge is 0.466 e. The second-order valence-electron chi connectivity index (χ2n) is 4.81. The van der Waals surface area contributed by atoms with Crippen molar-refractivity contribution < 1.29 is 9.53 Å². The smallest absolute Gasteiger partial charge is 0.336 e. The Labute approximate surface area is 127 Å². The van der Waals surface area contributed by atoms with Gasteiger partial charge in [0.25, 0.3) is 0 Å². The Hall–Kier alpha value is -2.27. The molecule has 0 bridgehead atoms. The summed E-state index contributed by atoms with van der Waals surface area (Å²) in [7, 11) is 1.37. The number of carbonyl (C=O) groups excluding carboxylic acids is 1. The van der Waals surface area contributed by atoms with E-state index >= 15 is 0 Å². The number of H-pyrrole nitrogens is 1. The van der Waals surface area contributed by atoms with Crippen molar-refractivity contribution in [3.05, 3.63) is 57.9 Å². The average molecular weight is 304 g/mol. The van der Waals surface area contributed by atoms with Gasteiger partial charge in [0, 0.05) is 22.2 Å². The van der Waals surface area contributed by atoms with Crippen molar-refractivity contribution in [1.82, 2.24) is 10.2 Å². The number of halogens is 1. The number of hydrogen-bond donors (Lipinski definition) is 2. The van der Waals surface area contributed by atoms with Gasteiger partial charge in [-0.25, -0.2) is 4.79 Å². The highest BCUT2D eigenvalue weighted by Gasteiger charge is 2.34. The monoisotopic (exact) mass is 303 g/mol. The third kappa shape index (κ3) is 2.19. The summed E-state index contributed by atoms with van der Waals surface area (Å²) in [4.78, 5) is 12.2. The summed E-state index contributed by atoms with van der Waals surface area (Å²) in [5.74, 6) is 0.0861. The quantitative estimate of drug-likeness (QED) is 0.837. The Bertz CT molecular complexity index is 736. The molecule has 1 aliphatic rings. The first-order valence-electron chi connectivity index (χ1n) is 6.47. The van der Waals surface area contributed by atoms with Crippen LogP contribution in [0.25, 0.3) is 0 Å². The highest BCUT2D eigenvalue weighted by molar-refractivity contribution is 6.31. The van der Waals surface area contributed by atoms with E-state index in [1.807, 2.05) is 31.2 Å². The van der Waals surface area contributed by atoms with Crippen LogP contribution in [0.2, 0.25) is 5.02 Å². The molecule has 1 aliphatic heterocycles. The first kappa shape index (κ1) is 13.7. The fraction of sp³-hybridized carbons (Fsp3) is 0.200. The summed E-state index contributed by atoms with van der Waals surface area (Å²) in [5, 5.41) is 10.7. The zero-order valence-electron chi connectivity index (χ0n) is 11.6. The molecule has 0 amide bonds. The van der Waals surface area contributed by atoms with Crippen molar-refractivity contribution in [3.63, 3.8) is 0 Å². The zero-order valence-corrected chi connectivity index (χ0v) is 12.4. The Morgan fingerprint density at radius 2 is 2.10 bits per heavy atom. The van der Waals surface area contributed by atoms with Gasteiger partial charge in [-0.3, -0.25) is 5.10 Å². The molecule has 21 heavy (non-hydrogen) atoms. The van der Waals surface area contributed by atoms with Gasteiger partial charge in [0.1, 0.15) is 5.82 Å². The van der Waals surface area contributed by atoms with Gasteiger partial charge in [-0.05, 0) is 18.6 Å². The van der Waals surface area contributed by atoms with Gasteiger partial charge in [0.2, 0.25) is 0 Å². The predicted octanol–water partition coefficient (Wildman–Crippen LogP) is 3.07. The Balaban J connectivity index is 2.23. The van der Waals surface area contributed by atoms with Crippen LogP contribution in [0.5, 0.6) is 0 Å². The van der Waals surface area contributed by atoms with Crippen LogP contribution in [0, 0.1) is 0 Å². The summed E-state index contributed by atoms with van der Waals surface area (Å²) in [5.41, 5.74) is 2.99. The van der Waals surface area contributed by atoms with Crippen LogP contribution in [0.4, 0.5) is 5.82 Å². The molecular formula is C15H14ClN3O2. The van der Waals surface area contributed by atoms with Crippen LogP contribution in [0.15, 0.2) is 41.7 Å². The minimum absolute atomic E-state index is 0.304. The van der Waals surface area contributed by atoms with E-state index in [1.54, 1.807) is 6.20 Å². The van der Waals surface area contributed by atoms with E-state index < -0.39 is 0 Å². The first-order valence-corrected chi connectivity index (χ1v) is 6.85. The zero-order chi connectivity index (χ0) is 15.0. The summed E-state index contributed by atoms with van der Waals surface area (Å²) < 4.78 is 4.93. The number of rotatable bonds is 2. The molecule has 1 atom stereocenters.